The van der Waals surface area contributed by atoms with Crippen LogP contribution in [0.1, 0.15) is 25.3 Å². The van der Waals surface area contributed by atoms with Crippen molar-refractivity contribution in [2.45, 2.75) is 26.2 Å². The third kappa shape index (κ3) is 7.79. The number of nitrogens with zero attached hydrogens (tertiary/aromatic N) is 1. The number of aliphatic imine (C=N–C) groups is 1. The molecule has 0 atom stereocenters. The molecular formula is C20H33IN4O4. The van der Waals surface area contributed by atoms with Crippen molar-refractivity contribution in [2.24, 2.45) is 10.9 Å². The molecule has 0 radical (unpaired) electrons. The molecule has 2 rings (SSSR count). The predicted octanol–water partition coefficient (Wildman–Crippen LogP) is 1.95. The smallest absolute Gasteiger partial charge is 0.223 e. The van der Waals surface area contributed by atoms with Gasteiger partial charge in [0, 0.05) is 37.7 Å². The fraction of sp³-hybridized carbons (Fsp3) is 0.600. The number of halogens is 1. The fourth-order valence-corrected chi connectivity index (χ4v) is 2.85. The van der Waals surface area contributed by atoms with E-state index in [0.717, 1.165) is 30.9 Å². The van der Waals surface area contributed by atoms with Gasteiger partial charge in [0.2, 0.25) is 11.7 Å². The van der Waals surface area contributed by atoms with Crippen molar-refractivity contribution in [1.82, 2.24) is 16.0 Å². The number of amides is 1. The van der Waals surface area contributed by atoms with E-state index >= 15 is 0 Å². The number of rotatable bonds is 11. The number of methoxy groups -OCH3 is 3. The maximum absolute atomic E-state index is 11.6. The van der Waals surface area contributed by atoms with Crippen molar-refractivity contribution in [3.05, 3.63) is 17.7 Å². The van der Waals surface area contributed by atoms with E-state index in [9.17, 15) is 4.79 Å². The number of carbonyl (C=O) groups excluding carboxylic acids is 1. The summed E-state index contributed by atoms with van der Waals surface area (Å²) in [6.45, 7) is 4.58. The zero-order valence-corrected chi connectivity index (χ0v) is 20.0. The minimum Gasteiger partial charge on any atom is -0.493 e. The minimum atomic E-state index is 0. The Labute approximate surface area is 190 Å². The molecule has 9 heteroatoms. The number of ether oxygens (including phenoxy) is 3. The minimum absolute atomic E-state index is 0. The van der Waals surface area contributed by atoms with Crippen LogP contribution >= 0.6 is 24.0 Å². The summed E-state index contributed by atoms with van der Waals surface area (Å²) >= 11 is 0. The lowest BCUT2D eigenvalue weighted by molar-refractivity contribution is -0.122. The van der Waals surface area contributed by atoms with Crippen LogP contribution in [0.5, 0.6) is 17.2 Å². The van der Waals surface area contributed by atoms with Crippen molar-refractivity contribution < 1.29 is 19.0 Å². The first-order valence-corrected chi connectivity index (χ1v) is 9.72. The number of carbonyl (C=O) groups is 1. The number of hydrogen-bond donors (Lipinski definition) is 3. The Morgan fingerprint density at radius 2 is 1.72 bits per heavy atom. The second-order valence-corrected chi connectivity index (χ2v) is 6.50. The van der Waals surface area contributed by atoms with Crippen LogP contribution in [0.25, 0.3) is 0 Å². The standard InChI is InChI=1S/C20H32N4O4.HI/c1-5-21-20(24-13-12-22-19(25)15-6-7-15)23-11-10-14-8-9-16(26-2)18(28-4)17(14)27-3;/h8-9,15H,5-7,10-13H2,1-4H3,(H,22,25)(H2,21,23,24);1H. The molecule has 0 bridgehead atoms. The molecule has 3 N–H and O–H groups in total. The second kappa shape index (κ2) is 13.3. The molecule has 1 aromatic rings. The number of hydrogen-bond acceptors (Lipinski definition) is 5. The summed E-state index contributed by atoms with van der Waals surface area (Å²) < 4.78 is 16.3. The molecule has 1 fully saturated rings. The van der Waals surface area contributed by atoms with Gasteiger partial charge in [-0.1, -0.05) is 6.07 Å². The van der Waals surface area contributed by atoms with E-state index in [2.05, 4.69) is 20.9 Å². The van der Waals surface area contributed by atoms with Crippen molar-refractivity contribution in [1.29, 1.82) is 0 Å². The first kappa shape index (κ1) is 25.1. The van der Waals surface area contributed by atoms with Gasteiger partial charge in [-0.15, -0.1) is 24.0 Å². The van der Waals surface area contributed by atoms with E-state index < -0.39 is 0 Å². The molecule has 0 aliphatic heterocycles. The summed E-state index contributed by atoms with van der Waals surface area (Å²) in [7, 11) is 4.81. The van der Waals surface area contributed by atoms with Crippen LogP contribution < -0.4 is 30.2 Å². The number of nitrogens with one attached hydrogen (secondary N) is 3. The normalized spacial score (nSPS) is 13.2. The van der Waals surface area contributed by atoms with Crippen LogP contribution in [0.3, 0.4) is 0 Å². The molecule has 0 spiro atoms. The first-order chi connectivity index (χ1) is 13.6. The van der Waals surface area contributed by atoms with Crippen molar-refractivity contribution in [2.75, 3.05) is 47.5 Å². The molecule has 1 aromatic carbocycles. The van der Waals surface area contributed by atoms with Crippen molar-refractivity contribution in [3.63, 3.8) is 0 Å². The summed E-state index contributed by atoms with van der Waals surface area (Å²) in [5.41, 5.74) is 0.997. The first-order valence-electron chi connectivity index (χ1n) is 9.72. The summed E-state index contributed by atoms with van der Waals surface area (Å²) in [4.78, 5) is 16.2. The molecule has 0 aromatic heterocycles. The average molecular weight is 520 g/mol. The highest BCUT2D eigenvalue weighted by atomic mass is 127. The SMILES string of the molecule is CCNC(=NCCc1ccc(OC)c(OC)c1OC)NCCNC(=O)C1CC1.I. The van der Waals surface area contributed by atoms with Gasteiger partial charge in [-0.2, -0.15) is 0 Å². The van der Waals surface area contributed by atoms with Crippen LogP contribution in [-0.4, -0.2) is 59.4 Å². The highest BCUT2D eigenvalue weighted by molar-refractivity contribution is 14.0. The van der Waals surface area contributed by atoms with E-state index in [0.29, 0.717) is 43.3 Å². The zero-order chi connectivity index (χ0) is 20.4. The Kier molecular flexibility index (Phi) is 11.6. The van der Waals surface area contributed by atoms with Crippen molar-refractivity contribution in [3.8, 4) is 17.2 Å². The van der Waals surface area contributed by atoms with Gasteiger partial charge < -0.3 is 30.2 Å². The Morgan fingerprint density at radius 3 is 2.31 bits per heavy atom. The molecule has 29 heavy (non-hydrogen) atoms. The summed E-state index contributed by atoms with van der Waals surface area (Å²) in [6, 6.07) is 3.83. The topological polar surface area (TPSA) is 93.2 Å². The van der Waals surface area contributed by atoms with Crippen LogP contribution in [-0.2, 0) is 11.2 Å². The molecule has 164 valence electrons. The van der Waals surface area contributed by atoms with Gasteiger partial charge in [-0.05, 0) is 32.3 Å². The Hall–Kier alpha value is -1.91. The largest absolute Gasteiger partial charge is 0.493 e. The lowest BCUT2D eigenvalue weighted by atomic mass is 10.1. The maximum Gasteiger partial charge on any atom is 0.223 e. The van der Waals surface area contributed by atoms with Crippen LogP contribution in [0.4, 0.5) is 0 Å². The summed E-state index contributed by atoms with van der Waals surface area (Å²) in [5, 5.41) is 9.39. The van der Waals surface area contributed by atoms with E-state index in [4.69, 9.17) is 14.2 Å². The maximum atomic E-state index is 11.6. The lowest BCUT2D eigenvalue weighted by Crippen LogP contribution is -2.41. The molecular weight excluding hydrogens is 487 g/mol. The molecule has 8 nitrogen and oxygen atoms in total. The predicted molar refractivity (Wildman–Crippen MR) is 125 cm³/mol. The van der Waals surface area contributed by atoms with Crippen LogP contribution in [0.2, 0.25) is 0 Å². The number of benzene rings is 1. The monoisotopic (exact) mass is 520 g/mol. The Morgan fingerprint density at radius 1 is 1.03 bits per heavy atom. The molecule has 1 aliphatic carbocycles. The molecule has 0 heterocycles. The molecule has 1 saturated carbocycles. The molecule has 0 unspecified atom stereocenters. The lowest BCUT2D eigenvalue weighted by Gasteiger charge is -2.15. The van der Waals surface area contributed by atoms with Gasteiger partial charge >= 0.3 is 0 Å². The average Bonchev–Trinajstić information content (AvgIpc) is 3.55. The third-order valence-corrected chi connectivity index (χ3v) is 4.45. The van der Waals surface area contributed by atoms with Crippen LogP contribution in [0, 0.1) is 5.92 Å². The van der Waals surface area contributed by atoms with E-state index in [1.165, 1.54) is 0 Å². The Balaban J connectivity index is 0.00000420. The quantitative estimate of drug-likeness (QED) is 0.179. The summed E-state index contributed by atoms with van der Waals surface area (Å²) in [6.07, 6.45) is 2.73. The van der Waals surface area contributed by atoms with Gasteiger partial charge in [-0.25, -0.2) is 0 Å². The van der Waals surface area contributed by atoms with Crippen LogP contribution in [0.15, 0.2) is 17.1 Å². The van der Waals surface area contributed by atoms with Gasteiger partial charge in [0.25, 0.3) is 0 Å². The van der Waals surface area contributed by atoms with E-state index in [1.807, 2.05) is 19.1 Å². The zero-order valence-electron chi connectivity index (χ0n) is 17.7. The van der Waals surface area contributed by atoms with Gasteiger partial charge in [-0.3, -0.25) is 9.79 Å². The van der Waals surface area contributed by atoms with E-state index in [-0.39, 0.29) is 35.8 Å². The third-order valence-electron chi connectivity index (χ3n) is 4.45. The Bertz CT molecular complexity index is 681. The molecule has 1 aliphatic rings. The van der Waals surface area contributed by atoms with Gasteiger partial charge in [0.15, 0.2) is 17.5 Å². The van der Waals surface area contributed by atoms with Gasteiger partial charge in [0.1, 0.15) is 0 Å². The van der Waals surface area contributed by atoms with E-state index in [1.54, 1.807) is 21.3 Å². The van der Waals surface area contributed by atoms with Gasteiger partial charge in [0.05, 0.1) is 21.3 Å². The molecule has 1 amide bonds. The van der Waals surface area contributed by atoms with Crippen molar-refractivity contribution >= 4 is 35.8 Å². The molecule has 0 saturated heterocycles. The second-order valence-electron chi connectivity index (χ2n) is 6.50. The highest BCUT2D eigenvalue weighted by Gasteiger charge is 2.28. The fourth-order valence-electron chi connectivity index (χ4n) is 2.85. The summed E-state index contributed by atoms with van der Waals surface area (Å²) in [5.74, 6) is 3.00. The highest BCUT2D eigenvalue weighted by Crippen LogP contribution is 2.39. The number of guanidine groups is 1.